The van der Waals surface area contributed by atoms with E-state index in [9.17, 15) is 19.2 Å². The Morgan fingerprint density at radius 1 is 0.947 bits per heavy atom. The lowest BCUT2D eigenvalue weighted by Gasteiger charge is -2.33. The van der Waals surface area contributed by atoms with Gasteiger partial charge in [0.2, 0.25) is 0 Å². The smallest absolute Gasteiger partial charge is 0.410 e. The first-order valence-corrected chi connectivity index (χ1v) is 13.7. The number of nitrogens with one attached hydrogen (secondary N) is 1. The van der Waals surface area contributed by atoms with Gasteiger partial charge in [-0.05, 0) is 63.5 Å². The highest BCUT2D eigenvalue weighted by atomic mass is 16.6. The van der Waals surface area contributed by atoms with E-state index in [0.717, 1.165) is 43.2 Å². The first kappa shape index (κ1) is 27.9. The molecule has 9 nitrogen and oxygen atoms in total. The summed E-state index contributed by atoms with van der Waals surface area (Å²) >= 11 is 0. The maximum atomic E-state index is 14.0. The molecule has 0 aromatic heterocycles. The third-order valence-electron chi connectivity index (χ3n) is 7.86. The molecule has 9 heteroatoms. The number of nitrogens with zero attached hydrogens (tertiary/aromatic N) is 1. The molecule has 0 bridgehead atoms. The molecule has 1 heterocycles. The van der Waals surface area contributed by atoms with Crippen LogP contribution in [-0.2, 0) is 36.9 Å². The van der Waals surface area contributed by atoms with Crippen LogP contribution < -0.4 is 5.32 Å². The average molecular weight is 529 g/mol. The van der Waals surface area contributed by atoms with Gasteiger partial charge in [0, 0.05) is 19.0 Å². The van der Waals surface area contributed by atoms with Crippen molar-refractivity contribution in [2.75, 3.05) is 7.11 Å². The van der Waals surface area contributed by atoms with Gasteiger partial charge in [-0.2, -0.15) is 0 Å². The van der Waals surface area contributed by atoms with Crippen LogP contribution in [0, 0.1) is 17.8 Å². The number of alkyl carbamates (subject to hydrolysis) is 1. The Hall–Kier alpha value is -3.10. The van der Waals surface area contributed by atoms with E-state index >= 15 is 0 Å². The lowest BCUT2D eigenvalue weighted by molar-refractivity contribution is -0.149. The molecule has 4 atom stereocenters. The number of hydrogen-bond acceptors (Lipinski definition) is 7. The molecule has 38 heavy (non-hydrogen) atoms. The third-order valence-corrected chi connectivity index (χ3v) is 7.86. The van der Waals surface area contributed by atoms with E-state index in [1.165, 1.54) is 7.11 Å². The van der Waals surface area contributed by atoms with Gasteiger partial charge in [-0.1, -0.05) is 43.5 Å². The maximum absolute atomic E-state index is 14.0. The zero-order chi connectivity index (χ0) is 27.4. The molecule has 4 rings (SSSR count). The lowest BCUT2D eigenvalue weighted by Crippen LogP contribution is -2.51. The van der Waals surface area contributed by atoms with E-state index in [1.807, 2.05) is 24.3 Å². The Morgan fingerprint density at radius 3 is 2.13 bits per heavy atom. The molecule has 2 amide bonds. The predicted octanol–water partition coefficient (Wildman–Crippen LogP) is 4.75. The molecule has 2 saturated carbocycles. The Labute approximate surface area is 224 Å². The van der Waals surface area contributed by atoms with Crippen molar-refractivity contribution in [1.29, 1.82) is 0 Å². The van der Waals surface area contributed by atoms with Crippen LogP contribution in [0.25, 0.3) is 0 Å². The van der Waals surface area contributed by atoms with Gasteiger partial charge in [-0.25, -0.2) is 9.59 Å². The zero-order valence-electron chi connectivity index (χ0n) is 22.9. The highest BCUT2D eigenvalue weighted by Gasteiger charge is 2.48. The molecule has 1 N–H and O–H groups in total. The molecule has 3 aliphatic rings. The number of carbonyl (C=O) groups excluding carboxylic acids is 4. The minimum absolute atomic E-state index is 0.0354. The van der Waals surface area contributed by atoms with Crippen molar-refractivity contribution in [3.63, 3.8) is 0 Å². The molecule has 0 saturated heterocycles. The van der Waals surface area contributed by atoms with Gasteiger partial charge < -0.3 is 19.5 Å². The maximum Gasteiger partial charge on any atom is 0.410 e. The first-order valence-electron chi connectivity index (χ1n) is 13.7. The number of ether oxygens (including phenoxy) is 3. The van der Waals surface area contributed by atoms with Crippen molar-refractivity contribution >= 4 is 23.9 Å². The van der Waals surface area contributed by atoms with Gasteiger partial charge >= 0.3 is 18.2 Å². The van der Waals surface area contributed by atoms with E-state index in [0.29, 0.717) is 13.1 Å². The standard InChI is InChI=1S/C29H40N2O7/c1-29(2,3)38-27(34)30-24(18-10-6-5-7-11-18)25(32)22-14-21(15-23(22)26(33)36-4)37-28(35)31-16-19-12-8-9-13-20(19)17-31/h8-9,12-13,18,21-24H,5-7,10-11,14-17H2,1-4H3,(H,30,34)/t21-,22?,23+,24-/m0/s1. The van der Waals surface area contributed by atoms with Crippen LogP contribution >= 0.6 is 0 Å². The second-order valence-electron chi connectivity index (χ2n) is 11.8. The minimum atomic E-state index is -0.773. The number of ketones is 1. The van der Waals surface area contributed by atoms with Gasteiger partial charge in [-0.15, -0.1) is 0 Å². The van der Waals surface area contributed by atoms with Gasteiger partial charge in [-0.3, -0.25) is 14.5 Å². The quantitative estimate of drug-likeness (QED) is 0.419. The Morgan fingerprint density at radius 2 is 1.55 bits per heavy atom. The van der Waals surface area contributed by atoms with E-state index in [4.69, 9.17) is 14.2 Å². The molecule has 1 unspecified atom stereocenters. The third kappa shape index (κ3) is 6.66. The lowest BCUT2D eigenvalue weighted by atomic mass is 9.77. The van der Waals surface area contributed by atoms with Crippen molar-refractivity contribution in [1.82, 2.24) is 10.2 Å². The number of hydrogen-bond donors (Lipinski definition) is 1. The fourth-order valence-electron chi connectivity index (χ4n) is 6.05. The molecule has 0 spiro atoms. The second-order valence-corrected chi connectivity index (χ2v) is 11.8. The van der Waals surface area contributed by atoms with Crippen LogP contribution in [0.4, 0.5) is 9.59 Å². The molecule has 208 valence electrons. The summed E-state index contributed by atoms with van der Waals surface area (Å²) in [6, 6.07) is 7.09. The van der Waals surface area contributed by atoms with Crippen LogP contribution in [0.5, 0.6) is 0 Å². The normalized spacial score (nSPS) is 24.3. The van der Waals surface area contributed by atoms with Crippen molar-refractivity contribution in [3.05, 3.63) is 35.4 Å². The summed E-state index contributed by atoms with van der Waals surface area (Å²) in [5, 5.41) is 2.83. The fraction of sp³-hybridized carbons (Fsp3) is 0.655. The molecule has 2 aliphatic carbocycles. The number of Topliss-reactive ketones (excluding diaryl/α,β-unsaturated/α-hetero) is 1. The highest BCUT2D eigenvalue weighted by Crippen LogP contribution is 2.39. The average Bonchev–Trinajstić information content (AvgIpc) is 3.50. The topological polar surface area (TPSA) is 111 Å². The SMILES string of the molecule is COC(=O)[C@@H]1C[C@@H](OC(=O)N2Cc3ccccc3C2)CC1C(=O)[C@@H](NC(=O)OC(C)(C)C)C1CCCCC1. The van der Waals surface area contributed by atoms with Crippen molar-refractivity contribution in [2.24, 2.45) is 17.8 Å². The van der Waals surface area contributed by atoms with Crippen molar-refractivity contribution in [3.8, 4) is 0 Å². The minimum Gasteiger partial charge on any atom is -0.469 e. The summed E-state index contributed by atoms with van der Waals surface area (Å²) in [6.45, 7) is 6.24. The van der Waals surface area contributed by atoms with Gasteiger partial charge in [0.05, 0.1) is 19.1 Å². The molecule has 1 aromatic carbocycles. The number of benzene rings is 1. The van der Waals surface area contributed by atoms with Gasteiger partial charge in [0.15, 0.2) is 5.78 Å². The fourth-order valence-corrected chi connectivity index (χ4v) is 6.05. The number of amides is 2. The molecule has 1 aliphatic heterocycles. The van der Waals surface area contributed by atoms with Crippen LogP contribution in [0.15, 0.2) is 24.3 Å². The number of carbonyl (C=O) groups is 4. The number of esters is 1. The summed E-state index contributed by atoms with van der Waals surface area (Å²) in [6.07, 6.45) is 3.40. The number of rotatable bonds is 6. The summed E-state index contributed by atoms with van der Waals surface area (Å²) < 4.78 is 16.3. The van der Waals surface area contributed by atoms with E-state index < -0.39 is 47.7 Å². The van der Waals surface area contributed by atoms with Crippen LogP contribution in [0.1, 0.15) is 76.8 Å². The summed E-state index contributed by atoms with van der Waals surface area (Å²) in [4.78, 5) is 54.0. The molecular weight excluding hydrogens is 488 g/mol. The monoisotopic (exact) mass is 528 g/mol. The predicted molar refractivity (Wildman–Crippen MR) is 139 cm³/mol. The zero-order valence-corrected chi connectivity index (χ0v) is 22.9. The number of fused-ring (bicyclic) bond motifs is 1. The molecular formula is C29H40N2O7. The van der Waals surface area contributed by atoms with Crippen LogP contribution in [0.3, 0.4) is 0 Å². The van der Waals surface area contributed by atoms with Gasteiger partial charge in [0.1, 0.15) is 11.7 Å². The van der Waals surface area contributed by atoms with E-state index in [1.54, 1.807) is 25.7 Å². The van der Waals surface area contributed by atoms with E-state index in [-0.39, 0.29) is 24.5 Å². The molecule has 1 aromatic rings. The number of methoxy groups -OCH3 is 1. The highest BCUT2D eigenvalue weighted by molar-refractivity contribution is 5.93. The van der Waals surface area contributed by atoms with E-state index in [2.05, 4.69) is 5.32 Å². The molecule has 0 radical (unpaired) electrons. The van der Waals surface area contributed by atoms with Crippen molar-refractivity contribution < 1.29 is 33.4 Å². The summed E-state index contributed by atoms with van der Waals surface area (Å²) in [7, 11) is 1.29. The Balaban J connectivity index is 1.47. The largest absolute Gasteiger partial charge is 0.469 e. The summed E-state index contributed by atoms with van der Waals surface area (Å²) in [5.41, 5.74) is 1.46. The van der Waals surface area contributed by atoms with Gasteiger partial charge in [0.25, 0.3) is 0 Å². The Bertz CT molecular complexity index is 1020. The molecule has 2 fully saturated rings. The second kappa shape index (κ2) is 11.7. The first-order chi connectivity index (χ1) is 18.1. The van der Waals surface area contributed by atoms with Crippen LogP contribution in [-0.4, -0.2) is 53.7 Å². The van der Waals surface area contributed by atoms with Crippen LogP contribution in [0.2, 0.25) is 0 Å². The summed E-state index contributed by atoms with van der Waals surface area (Å²) in [5.74, 6) is -2.22. The Kier molecular flexibility index (Phi) is 8.63. The van der Waals surface area contributed by atoms with Crippen molar-refractivity contribution in [2.45, 2.75) is 96.6 Å².